The molecule has 0 saturated carbocycles. The third-order valence-electron chi connectivity index (χ3n) is 7.67. The number of anilines is 4. The fourth-order valence-electron chi connectivity index (χ4n) is 5.12. The fraction of sp³-hybridized carbons (Fsp3) is 0.0556. The molecule has 7 rings (SSSR count). The Labute approximate surface area is 310 Å². The number of nitrogens with one attached hydrogen (secondary N) is 4. The molecule has 2 heterocycles. The van der Waals surface area contributed by atoms with Gasteiger partial charge in [0, 0.05) is 23.3 Å². The lowest BCUT2D eigenvalue weighted by atomic mass is 10.1. The van der Waals surface area contributed by atoms with E-state index in [1.54, 1.807) is 36.4 Å². The standard InChI is InChI=1S/C20H16N4O4S.C16H16N4O4S/c21-29(26,27)16-9-6-13(7-10-16)23-24-19-17-11-8-15(12-18(17)22-20(19)25)28-14-4-2-1-3-5-14;1-2-24-11-5-8-13-14(9-11)18-16(21)15(13)20-19-10-3-6-12(7-4-10)25(17,22)23/h1-12,23H,(H2,21,26,27)(H,22,24,25);3-9,19H,2H2,1H3,(H2,17,22,23)(H,18,20,21). The van der Waals surface area contributed by atoms with E-state index < -0.39 is 20.0 Å². The molecule has 2 amide bonds. The van der Waals surface area contributed by atoms with E-state index in [4.69, 9.17) is 19.8 Å². The number of rotatable bonds is 10. The number of primary sulfonamides is 2. The van der Waals surface area contributed by atoms with Crippen LogP contribution in [0.15, 0.2) is 135 Å². The van der Waals surface area contributed by atoms with Crippen molar-refractivity contribution >= 4 is 66.0 Å². The summed E-state index contributed by atoms with van der Waals surface area (Å²) in [6.07, 6.45) is 0. The van der Waals surface area contributed by atoms with Crippen molar-refractivity contribution in [2.75, 3.05) is 28.1 Å². The molecule has 0 aliphatic carbocycles. The van der Waals surface area contributed by atoms with E-state index in [1.165, 1.54) is 48.5 Å². The Balaban J connectivity index is 0.000000186. The van der Waals surface area contributed by atoms with Crippen LogP contribution >= 0.6 is 0 Å². The zero-order valence-corrected chi connectivity index (χ0v) is 29.9. The quantitative estimate of drug-likeness (QED) is 0.109. The number of hydrogen-bond acceptors (Lipinski definition) is 12. The largest absolute Gasteiger partial charge is 0.494 e. The molecule has 0 spiro atoms. The van der Waals surface area contributed by atoms with Crippen molar-refractivity contribution in [2.24, 2.45) is 20.5 Å². The van der Waals surface area contributed by atoms with Crippen LogP contribution in [0.2, 0.25) is 0 Å². The van der Waals surface area contributed by atoms with Gasteiger partial charge >= 0.3 is 0 Å². The molecule has 0 bridgehead atoms. The molecule has 2 aliphatic rings. The molecule has 2 aliphatic heterocycles. The van der Waals surface area contributed by atoms with Crippen LogP contribution in [0.1, 0.15) is 18.1 Å². The monoisotopic (exact) mass is 768 g/mol. The van der Waals surface area contributed by atoms with Crippen LogP contribution in [-0.4, -0.2) is 46.7 Å². The fourth-order valence-corrected chi connectivity index (χ4v) is 6.15. The van der Waals surface area contributed by atoms with Gasteiger partial charge in [-0.15, -0.1) is 0 Å². The van der Waals surface area contributed by atoms with Crippen molar-refractivity contribution in [3.63, 3.8) is 0 Å². The molecule has 16 nitrogen and oxygen atoms in total. The number of fused-ring (bicyclic) bond motifs is 2. The van der Waals surface area contributed by atoms with Crippen LogP contribution in [0.4, 0.5) is 22.7 Å². The van der Waals surface area contributed by atoms with Crippen LogP contribution < -0.4 is 41.2 Å². The summed E-state index contributed by atoms with van der Waals surface area (Å²) in [6, 6.07) is 31.2. The number of amides is 2. The Kier molecular flexibility index (Phi) is 10.7. The second-order valence-electron chi connectivity index (χ2n) is 11.5. The third-order valence-corrected chi connectivity index (χ3v) is 9.53. The minimum atomic E-state index is -3.77. The normalized spacial score (nSPS) is 14.6. The van der Waals surface area contributed by atoms with Gasteiger partial charge in [0.15, 0.2) is 11.4 Å². The summed E-state index contributed by atoms with van der Waals surface area (Å²) in [5.41, 5.74) is 9.46. The summed E-state index contributed by atoms with van der Waals surface area (Å²) < 4.78 is 56.2. The first-order valence-electron chi connectivity index (χ1n) is 16.0. The molecule has 5 aromatic carbocycles. The number of hydrogen-bond donors (Lipinski definition) is 6. The number of benzene rings is 5. The molecule has 18 heteroatoms. The first-order chi connectivity index (χ1) is 25.8. The molecule has 54 heavy (non-hydrogen) atoms. The van der Waals surface area contributed by atoms with E-state index in [2.05, 4.69) is 31.7 Å². The number of sulfonamides is 2. The molecule has 0 fully saturated rings. The van der Waals surface area contributed by atoms with Gasteiger partial charge < -0.3 is 20.1 Å². The van der Waals surface area contributed by atoms with Gasteiger partial charge in [0.25, 0.3) is 11.8 Å². The minimum Gasteiger partial charge on any atom is -0.494 e. The summed E-state index contributed by atoms with van der Waals surface area (Å²) >= 11 is 0. The van der Waals surface area contributed by atoms with Gasteiger partial charge in [0.05, 0.1) is 39.1 Å². The van der Waals surface area contributed by atoms with Crippen molar-refractivity contribution in [3.8, 4) is 17.2 Å². The predicted octanol–water partition coefficient (Wildman–Crippen LogP) is 4.40. The molecule has 276 valence electrons. The SMILES string of the molecule is CCOc1ccc2c(c1)NC(=O)/C2=N\Nc1ccc(S(N)(=O)=O)cc1.NS(=O)(=O)c1ccc(N/N=C2\C(=O)Nc3cc(Oc4ccccc4)ccc32)cc1. The summed E-state index contributed by atoms with van der Waals surface area (Å²) in [6.45, 7) is 2.41. The number of nitrogens with two attached hydrogens (primary N) is 2. The first kappa shape index (κ1) is 37.2. The lowest BCUT2D eigenvalue weighted by Gasteiger charge is -2.07. The van der Waals surface area contributed by atoms with E-state index >= 15 is 0 Å². The maximum Gasteiger partial charge on any atom is 0.276 e. The molecule has 0 unspecified atom stereocenters. The first-order valence-corrected chi connectivity index (χ1v) is 19.1. The van der Waals surface area contributed by atoms with E-state index in [-0.39, 0.29) is 33.0 Å². The zero-order chi connectivity index (χ0) is 38.5. The minimum absolute atomic E-state index is 0.00175. The second-order valence-corrected chi connectivity index (χ2v) is 14.6. The summed E-state index contributed by atoms with van der Waals surface area (Å²) in [7, 11) is -7.51. The molecule has 8 N–H and O–H groups in total. The number of carbonyl (C=O) groups is 2. The number of carbonyl (C=O) groups excluding carboxylic acids is 2. The lowest BCUT2D eigenvalue weighted by molar-refractivity contribution is -0.110. The summed E-state index contributed by atoms with van der Waals surface area (Å²) in [4.78, 5) is 24.4. The third kappa shape index (κ3) is 8.88. The molecular formula is C36H32N8O8S2. The van der Waals surface area contributed by atoms with Crippen molar-refractivity contribution in [1.82, 2.24) is 0 Å². The van der Waals surface area contributed by atoms with Gasteiger partial charge in [0.1, 0.15) is 17.2 Å². The summed E-state index contributed by atoms with van der Waals surface area (Å²) in [5.74, 6) is 1.25. The Morgan fingerprint density at radius 3 is 1.48 bits per heavy atom. The molecule has 0 saturated heterocycles. The molecule has 0 radical (unpaired) electrons. The Hall–Kier alpha value is -6.60. The number of ether oxygens (including phenoxy) is 2. The van der Waals surface area contributed by atoms with Crippen LogP contribution in [0, 0.1) is 0 Å². The number of para-hydroxylation sites is 1. The van der Waals surface area contributed by atoms with E-state index in [0.717, 1.165) is 0 Å². The maximum absolute atomic E-state index is 12.3. The highest BCUT2D eigenvalue weighted by Gasteiger charge is 2.28. The smallest absolute Gasteiger partial charge is 0.276 e. The predicted molar refractivity (Wildman–Crippen MR) is 204 cm³/mol. The average Bonchev–Trinajstić information content (AvgIpc) is 3.63. The van der Waals surface area contributed by atoms with Crippen molar-refractivity contribution in [3.05, 3.63) is 126 Å². The topological polar surface area (TPSA) is 246 Å². The van der Waals surface area contributed by atoms with Crippen LogP contribution in [0.5, 0.6) is 17.2 Å². The number of hydrazone groups is 2. The van der Waals surface area contributed by atoms with Crippen LogP contribution in [0.25, 0.3) is 0 Å². The van der Waals surface area contributed by atoms with Gasteiger partial charge in [-0.3, -0.25) is 20.4 Å². The molecular weight excluding hydrogens is 737 g/mol. The maximum atomic E-state index is 12.3. The van der Waals surface area contributed by atoms with Gasteiger partial charge in [-0.25, -0.2) is 27.1 Å². The van der Waals surface area contributed by atoms with Gasteiger partial charge in [0.2, 0.25) is 20.0 Å². The zero-order valence-electron chi connectivity index (χ0n) is 28.3. The van der Waals surface area contributed by atoms with Crippen molar-refractivity contribution in [2.45, 2.75) is 16.7 Å². The number of nitrogens with zero attached hydrogens (tertiary/aromatic N) is 2. The Morgan fingerprint density at radius 2 is 1.04 bits per heavy atom. The Bertz CT molecular complexity index is 2510. The highest BCUT2D eigenvalue weighted by Crippen LogP contribution is 2.31. The Morgan fingerprint density at radius 1 is 0.593 bits per heavy atom. The van der Waals surface area contributed by atoms with Gasteiger partial charge in [-0.1, -0.05) is 18.2 Å². The summed E-state index contributed by atoms with van der Waals surface area (Å²) in [5, 5.41) is 23.9. The van der Waals surface area contributed by atoms with Crippen LogP contribution in [0.3, 0.4) is 0 Å². The van der Waals surface area contributed by atoms with Crippen LogP contribution in [-0.2, 0) is 29.6 Å². The van der Waals surface area contributed by atoms with E-state index in [9.17, 15) is 26.4 Å². The lowest BCUT2D eigenvalue weighted by Crippen LogP contribution is -2.16. The molecule has 0 atom stereocenters. The highest BCUT2D eigenvalue weighted by atomic mass is 32.2. The van der Waals surface area contributed by atoms with E-state index in [1.807, 2.05) is 37.3 Å². The van der Waals surface area contributed by atoms with Crippen molar-refractivity contribution in [1.29, 1.82) is 0 Å². The highest BCUT2D eigenvalue weighted by molar-refractivity contribution is 7.89. The average molecular weight is 769 g/mol. The van der Waals surface area contributed by atoms with Gasteiger partial charge in [-0.2, -0.15) is 10.2 Å². The van der Waals surface area contributed by atoms with Crippen molar-refractivity contribution < 1.29 is 35.9 Å². The molecule has 5 aromatic rings. The second kappa shape index (κ2) is 15.6. The molecule has 0 aromatic heterocycles. The van der Waals surface area contributed by atoms with E-state index in [0.29, 0.717) is 57.7 Å². The van der Waals surface area contributed by atoms with Gasteiger partial charge in [-0.05, 0) is 91.9 Å².